The van der Waals surface area contributed by atoms with Crippen LogP contribution in [0.1, 0.15) is 11.3 Å². The van der Waals surface area contributed by atoms with E-state index < -0.39 is 11.7 Å². The van der Waals surface area contributed by atoms with E-state index in [1.807, 2.05) is 0 Å². The predicted molar refractivity (Wildman–Crippen MR) is 68.7 cm³/mol. The van der Waals surface area contributed by atoms with Gasteiger partial charge in [-0.25, -0.2) is 4.98 Å². The maximum Gasteiger partial charge on any atom is 0.418 e. The van der Waals surface area contributed by atoms with Gasteiger partial charge in [-0.15, -0.1) is 0 Å². The van der Waals surface area contributed by atoms with E-state index in [9.17, 15) is 13.2 Å². The van der Waals surface area contributed by atoms with Gasteiger partial charge in [0.05, 0.1) is 16.9 Å². The summed E-state index contributed by atoms with van der Waals surface area (Å²) in [6.45, 7) is 0. The highest BCUT2D eigenvalue weighted by Crippen LogP contribution is 2.37. The van der Waals surface area contributed by atoms with Gasteiger partial charge in [0.15, 0.2) is 5.69 Å². The molecular weight excluding hydrogens is 291 g/mol. The van der Waals surface area contributed by atoms with Gasteiger partial charge in [-0.05, 0) is 30.3 Å². The first kappa shape index (κ1) is 14.2. The molecular formula is C13H7ClF3N3. The number of nitrogens with zero attached hydrogens (tertiary/aromatic N) is 2. The van der Waals surface area contributed by atoms with Crippen LogP contribution in [0.25, 0.3) is 0 Å². The van der Waals surface area contributed by atoms with Crippen molar-refractivity contribution in [2.24, 2.45) is 0 Å². The maximum atomic E-state index is 12.9. The fraction of sp³-hybridized carbons (Fsp3) is 0.0769. The highest BCUT2D eigenvalue weighted by molar-refractivity contribution is 6.30. The fourth-order valence-electron chi connectivity index (χ4n) is 1.60. The molecule has 0 radical (unpaired) electrons. The Morgan fingerprint density at radius 3 is 2.60 bits per heavy atom. The first-order valence-electron chi connectivity index (χ1n) is 5.40. The predicted octanol–water partition coefficient (Wildman–Crippen LogP) is 4.37. The Balaban J connectivity index is 2.47. The quantitative estimate of drug-likeness (QED) is 0.895. The number of rotatable bonds is 2. The number of hydrogen-bond donors (Lipinski definition) is 1. The summed E-state index contributed by atoms with van der Waals surface area (Å²) in [6.07, 6.45) is -3.17. The van der Waals surface area contributed by atoms with Crippen LogP contribution in [0, 0.1) is 11.3 Å². The maximum absolute atomic E-state index is 12.9. The summed E-state index contributed by atoms with van der Waals surface area (Å²) in [6, 6.07) is 8.17. The minimum Gasteiger partial charge on any atom is -0.353 e. The molecule has 1 N–H and O–H groups in total. The van der Waals surface area contributed by atoms with Crippen molar-refractivity contribution in [3.05, 3.63) is 52.8 Å². The van der Waals surface area contributed by atoms with Gasteiger partial charge in [-0.3, -0.25) is 0 Å². The molecule has 0 fully saturated rings. The van der Waals surface area contributed by atoms with E-state index in [4.69, 9.17) is 16.9 Å². The van der Waals surface area contributed by atoms with Crippen LogP contribution in [0.5, 0.6) is 0 Å². The summed E-state index contributed by atoms with van der Waals surface area (Å²) < 4.78 is 38.8. The van der Waals surface area contributed by atoms with E-state index in [2.05, 4.69) is 10.3 Å². The van der Waals surface area contributed by atoms with Gasteiger partial charge in [0, 0.05) is 11.2 Å². The average molecular weight is 298 g/mol. The van der Waals surface area contributed by atoms with Crippen molar-refractivity contribution in [1.82, 2.24) is 4.98 Å². The molecule has 3 nitrogen and oxygen atoms in total. The van der Waals surface area contributed by atoms with Gasteiger partial charge in [0.1, 0.15) is 6.07 Å². The van der Waals surface area contributed by atoms with Gasteiger partial charge in [-0.2, -0.15) is 18.4 Å². The van der Waals surface area contributed by atoms with E-state index in [0.717, 1.165) is 6.07 Å². The number of aromatic nitrogens is 1. The van der Waals surface area contributed by atoms with Crippen LogP contribution in [0.3, 0.4) is 0 Å². The van der Waals surface area contributed by atoms with E-state index in [1.165, 1.54) is 30.5 Å². The Bertz CT molecular complexity index is 677. The summed E-state index contributed by atoms with van der Waals surface area (Å²) in [5.74, 6) is 0. The second-order valence-corrected chi connectivity index (χ2v) is 4.26. The average Bonchev–Trinajstić information content (AvgIpc) is 2.40. The largest absolute Gasteiger partial charge is 0.418 e. The van der Waals surface area contributed by atoms with Crippen molar-refractivity contribution in [2.45, 2.75) is 6.18 Å². The lowest BCUT2D eigenvalue weighted by molar-refractivity contribution is -0.136. The Hall–Kier alpha value is -2.26. The van der Waals surface area contributed by atoms with Crippen LogP contribution in [0.2, 0.25) is 5.02 Å². The van der Waals surface area contributed by atoms with Crippen LogP contribution in [-0.2, 0) is 6.18 Å². The molecule has 0 aliphatic rings. The van der Waals surface area contributed by atoms with Gasteiger partial charge in [-0.1, -0.05) is 11.6 Å². The first-order valence-corrected chi connectivity index (χ1v) is 5.78. The standard InChI is InChI=1S/C13H7ClF3N3/c14-8-3-4-10(9(6-8)13(15,16)17)20-11-2-1-5-19-12(11)7-18/h1-6,20H. The smallest absolute Gasteiger partial charge is 0.353 e. The van der Waals surface area contributed by atoms with Crippen molar-refractivity contribution < 1.29 is 13.2 Å². The third-order valence-electron chi connectivity index (χ3n) is 2.47. The van der Waals surface area contributed by atoms with Gasteiger partial charge in [0.2, 0.25) is 0 Å². The molecule has 102 valence electrons. The third-order valence-corrected chi connectivity index (χ3v) is 2.71. The molecule has 0 unspecified atom stereocenters. The number of pyridine rings is 1. The SMILES string of the molecule is N#Cc1ncccc1Nc1ccc(Cl)cc1C(F)(F)F. The van der Waals surface area contributed by atoms with Crippen LogP contribution < -0.4 is 5.32 Å². The molecule has 2 aromatic rings. The zero-order chi connectivity index (χ0) is 14.8. The number of alkyl halides is 3. The molecule has 0 saturated carbocycles. The van der Waals surface area contributed by atoms with E-state index in [-0.39, 0.29) is 22.1 Å². The topological polar surface area (TPSA) is 48.7 Å². The fourth-order valence-corrected chi connectivity index (χ4v) is 1.77. The Morgan fingerprint density at radius 1 is 1.20 bits per heavy atom. The molecule has 1 aromatic carbocycles. The molecule has 7 heteroatoms. The van der Waals surface area contributed by atoms with Crippen molar-refractivity contribution in [3.63, 3.8) is 0 Å². The Kier molecular flexibility index (Phi) is 3.81. The molecule has 2 rings (SSSR count). The molecule has 1 aromatic heterocycles. The number of hydrogen-bond acceptors (Lipinski definition) is 3. The zero-order valence-corrected chi connectivity index (χ0v) is 10.6. The Labute approximate surface area is 117 Å². The lowest BCUT2D eigenvalue weighted by atomic mass is 10.1. The number of anilines is 2. The molecule has 0 aliphatic heterocycles. The number of nitrogens with one attached hydrogen (secondary N) is 1. The first-order chi connectivity index (χ1) is 9.41. The molecule has 0 saturated heterocycles. The summed E-state index contributed by atoms with van der Waals surface area (Å²) >= 11 is 5.59. The molecule has 0 amide bonds. The second kappa shape index (κ2) is 5.39. The lowest BCUT2D eigenvalue weighted by Crippen LogP contribution is -2.09. The monoisotopic (exact) mass is 297 g/mol. The van der Waals surface area contributed by atoms with Gasteiger partial charge >= 0.3 is 6.18 Å². The van der Waals surface area contributed by atoms with Crippen LogP contribution in [0.15, 0.2) is 36.5 Å². The van der Waals surface area contributed by atoms with Crippen molar-refractivity contribution in [1.29, 1.82) is 5.26 Å². The minimum atomic E-state index is -4.55. The molecule has 0 atom stereocenters. The van der Waals surface area contributed by atoms with Crippen molar-refractivity contribution >= 4 is 23.0 Å². The van der Waals surface area contributed by atoms with E-state index in [0.29, 0.717) is 0 Å². The summed E-state index contributed by atoms with van der Waals surface area (Å²) in [5.41, 5.74) is -0.887. The van der Waals surface area contributed by atoms with Crippen molar-refractivity contribution in [2.75, 3.05) is 5.32 Å². The van der Waals surface area contributed by atoms with Crippen LogP contribution >= 0.6 is 11.6 Å². The summed E-state index contributed by atoms with van der Waals surface area (Å²) in [4.78, 5) is 3.77. The molecule has 1 heterocycles. The zero-order valence-electron chi connectivity index (χ0n) is 9.87. The highest BCUT2D eigenvalue weighted by atomic mass is 35.5. The van der Waals surface area contributed by atoms with Crippen molar-refractivity contribution in [3.8, 4) is 6.07 Å². The molecule has 0 aliphatic carbocycles. The van der Waals surface area contributed by atoms with Crippen LogP contribution in [-0.4, -0.2) is 4.98 Å². The number of nitriles is 1. The molecule has 0 bridgehead atoms. The van der Waals surface area contributed by atoms with E-state index >= 15 is 0 Å². The third kappa shape index (κ3) is 3.00. The molecule has 20 heavy (non-hydrogen) atoms. The normalized spacial score (nSPS) is 10.9. The molecule has 0 spiro atoms. The van der Waals surface area contributed by atoms with Gasteiger partial charge < -0.3 is 5.32 Å². The Morgan fingerprint density at radius 2 is 1.95 bits per heavy atom. The van der Waals surface area contributed by atoms with Gasteiger partial charge in [0.25, 0.3) is 0 Å². The number of halogens is 4. The lowest BCUT2D eigenvalue weighted by Gasteiger charge is -2.15. The summed E-state index contributed by atoms with van der Waals surface area (Å²) in [5, 5.41) is 11.4. The minimum absolute atomic E-state index is 0.00979. The highest BCUT2D eigenvalue weighted by Gasteiger charge is 2.34. The number of benzene rings is 1. The van der Waals surface area contributed by atoms with Crippen LogP contribution in [0.4, 0.5) is 24.5 Å². The van der Waals surface area contributed by atoms with E-state index in [1.54, 1.807) is 6.07 Å². The second-order valence-electron chi connectivity index (χ2n) is 3.82. The summed E-state index contributed by atoms with van der Waals surface area (Å²) in [7, 11) is 0.